The molecule has 2 amide bonds. The summed E-state index contributed by atoms with van der Waals surface area (Å²) in [6, 6.07) is 3.71. The predicted octanol–water partition coefficient (Wildman–Crippen LogP) is 0.237. The van der Waals surface area contributed by atoms with Crippen molar-refractivity contribution in [3.8, 4) is 0 Å². The molecule has 3 rings (SSSR count). The van der Waals surface area contributed by atoms with Crippen LogP contribution in [-0.2, 0) is 35.2 Å². The van der Waals surface area contributed by atoms with Gasteiger partial charge in [0.15, 0.2) is 0 Å². The molecule has 1 aromatic rings. The number of rotatable bonds is 7. The average Bonchev–Trinajstić information content (AvgIpc) is 3.23. The molecular formula is C20H27N3O6. The Morgan fingerprint density at radius 1 is 1.28 bits per heavy atom. The number of esters is 1. The maximum Gasteiger partial charge on any atom is 0.307 e. The van der Waals surface area contributed by atoms with E-state index in [0.29, 0.717) is 39.3 Å². The second-order valence-electron chi connectivity index (χ2n) is 7.23. The van der Waals surface area contributed by atoms with Crippen molar-refractivity contribution in [2.75, 3.05) is 46.5 Å². The van der Waals surface area contributed by atoms with E-state index in [2.05, 4.69) is 9.72 Å². The van der Waals surface area contributed by atoms with Crippen LogP contribution in [0.15, 0.2) is 24.5 Å². The third kappa shape index (κ3) is 5.98. The molecule has 0 radical (unpaired) electrons. The molecule has 2 fully saturated rings. The van der Waals surface area contributed by atoms with E-state index in [-0.39, 0.29) is 49.3 Å². The van der Waals surface area contributed by atoms with Crippen LogP contribution in [-0.4, -0.2) is 85.2 Å². The number of hydrogen-bond acceptors (Lipinski definition) is 7. The van der Waals surface area contributed by atoms with E-state index in [1.165, 1.54) is 7.11 Å². The zero-order chi connectivity index (χ0) is 20.6. The summed E-state index contributed by atoms with van der Waals surface area (Å²) in [5, 5.41) is 0. The number of methoxy groups -OCH3 is 1. The fourth-order valence-electron chi connectivity index (χ4n) is 3.48. The molecule has 0 unspecified atom stereocenters. The first kappa shape index (κ1) is 21.2. The molecule has 2 aliphatic heterocycles. The molecule has 9 nitrogen and oxygen atoms in total. The molecule has 3 heterocycles. The van der Waals surface area contributed by atoms with Crippen LogP contribution < -0.4 is 0 Å². The molecule has 2 saturated heterocycles. The van der Waals surface area contributed by atoms with Gasteiger partial charge in [0.05, 0.1) is 45.3 Å². The Morgan fingerprint density at radius 3 is 2.76 bits per heavy atom. The van der Waals surface area contributed by atoms with E-state index in [1.807, 2.05) is 12.1 Å². The zero-order valence-electron chi connectivity index (χ0n) is 16.6. The van der Waals surface area contributed by atoms with Crippen molar-refractivity contribution >= 4 is 17.8 Å². The first-order valence-electron chi connectivity index (χ1n) is 9.78. The number of carbonyl (C=O) groups excluding carboxylic acids is 3. The Balaban J connectivity index is 1.68. The third-order valence-corrected chi connectivity index (χ3v) is 5.17. The molecule has 0 N–H and O–H groups in total. The molecule has 2 aliphatic rings. The van der Waals surface area contributed by atoms with Crippen LogP contribution in [0.2, 0.25) is 0 Å². The van der Waals surface area contributed by atoms with E-state index in [0.717, 1.165) is 5.56 Å². The van der Waals surface area contributed by atoms with Gasteiger partial charge in [0.1, 0.15) is 0 Å². The van der Waals surface area contributed by atoms with Gasteiger partial charge in [0.25, 0.3) is 0 Å². The predicted molar refractivity (Wildman–Crippen MR) is 102 cm³/mol. The van der Waals surface area contributed by atoms with Crippen molar-refractivity contribution in [3.05, 3.63) is 30.1 Å². The maximum absolute atomic E-state index is 12.9. The normalized spacial score (nSPS) is 22.4. The fraction of sp³-hybridized carbons (Fsp3) is 0.600. The monoisotopic (exact) mass is 405 g/mol. The van der Waals surface area contributed by atoms with Crippen LogP contribution in [0.5, 0.6) is 0 Å². The van der Waals surface area contributed by atoms with Crippen molar-refractivity contribution < 1.29 is 28.6 Å². The molecule has 0 spiro atoms. The van der Waals surface area contributed by atoms with Gasteiger partial charge < -0.3 is 24.0 Å². The molecule has 9 heteroatoms. The summed E-state index contributed by atoms with van der Waals surface area (Å²) in [6.45, 7) is 2.14. The van der Waals surface area contributed by atoms with E-state index < -0.39 is 0 Å². The van der Waals surface area contributed by atoms with Crippen LogP contribution in [0.1, 0.15) is 18.4 Å². The Hall–Kier alpha value is -2.52. The highest BCUT2D eigenvalue weighted by molar-refractivity contribution is 5.87. The summed E-state index contributed by atoms with van der Waals surface area (Å²) in [5.41, 5.74) is 0.957. The highest BCUT2D eigenvalue weighted by atomic mass is 16.5. The number of aromatic nitrogens is 1. The van der Waals surface area contributed by atoms with Gasteiger partial charge >= 0.3 is 5.97 Å². The zero-order valence-corrected chi connectivity index (χ0v) is 16.6. The lowest BCUT2D eigenvalue weighted by atomic mass is 10.1. The van der Waals surface area contributed by atoms with Crippen molar-refractivity contribution in [1.82, 2.24) is 14.8 Å². The summed E-state index contributed by atoms with van der Waals surface area (Å²) in [6.07, 6.45) is 3.78. The SMILES string of the molecule is COC(=O)CCN1C[C@@H](OCc2ccncc2)CN(C(=O)[C@H]2CCOC2)CC1=O. The molecule has 0 saturated carbocycles. The summed E-state index contributed by atoms with van der Waals surface area (Å²) in [4.78, 5) is 44.3. The highest BCUT2D eigenvalue weighted by Gasteiger charge is 2.35. The number of nitrogens with zero attached hydrogens (tertiary/aromatic N) is 3. The number of ether oxygens (including phenoxy) is 3. The summed E-state index contributed by atoms with van der Waals surface area (Å²) in [5.74, 6) is -0.878. The quantitative estimate of drug-likeness (QED) is 0.599. The van der Waals surface area contributed by atoms with Crippen LogP contribution >= 0.6 is 0 Å². The van der Waals surface area contributed by atoms with Crippen LogP contribution in [0, 0.1) is 5.92 Å². The lowest BCUT2D eigenvalue weighted by Crippen LogP contribution is -2.43. The smallest absolute Gasteiger partial charge is 0.307 e. The Kier molecular flexibility index (Phi) is 7.54. The van der Waals surface area contributed by atoms with Gasteiger partial charge in [-0.1, -0.05) is 0 Å². The third-order valence-electron chi connectivity index (χ3n) is 5.17. The van der Waals surface area contributed by atoms with Gasteiger partial charge in [-0.3, -0.25) is 19.4 Å². The van der Waals surface area contributed by atoms with Crippen molar-refractivity contribution in [3.63, 3.8) is 0 Å². The minimum absolute atomic E-state index is 0.0222. The number of amides is 2. The Morgan fingerprint density at radius 2 is 2.07 bits per heavy atom. The fourth-order valence-corrected chi connectivity index (χ4v) is 3.48. The van der Waals surface area contributed by atoms with Gasteiger partial charge in [-0.25, -0.2) is 0 Å². The molecule has 0 bridgehead atoms. The first-order chi connectivity index (χ1) is 14.1. The van der Waals surface area contributed by atoms with Gasteiger partial charge in [0, 0.05) is 38.6 Å². The standard InChI is InChI=1S/C20H27N3O6/c1-27-19(25)4-8-22-10-17(29-13-15-2-6-21-7-3-15)11-23(12-18(22)24)20(26)16-5-9-28-14-16/h2-3,6-7,16-17H,4-5,8-14H2,1H3/t16-,17+/m0/s1. The van der Waals surface area contributed by atoms with Crippen LogP contribution in [0.25, 0.3) is 0 Å². The summed E-state index contributed by atoms with van der Waals surface area (Å²) >= 11 is 0. The van der Waals surface area contributed by atoms with E-state index >= 15 is 0 Å². The van der Waals surface area contributed by atoms with Crippen molar-refractivity contribution in [1.29, 1.82) is 0 Å². The Labute approximate surface area is 169 Å². The van der Waals surface area contributed by atoms with Gasteiger partial charge in [-0.2, -0.15) is 0 Å². The highest BCUT2D eigenvalue weighted by Crippen LogP contribution is 2.19. The molecule has 0 aliphatic carbocycles. The van der Waals surface area contributed by atoms with Crippen LogP contribution in [0.4, 0.5) is 0 Å². The molecule has 158 valence electrons. The molecule has 29 heavy (non-hydrogen) atoms. The van der Waals surface area contributed by atoms with Crippen molar-refractivity contribution in [2.24, 2.45) is 5.92 Å². The number of carbonyl (C=O) groups is 3. The molecule has 0 aromatic carbocycles. The lowest BCUT2D eigenvalue weighted by molar-refractivity contribution is -0.143. The second kappa shape index (κ2) is 10.3. The average molecular weight is 405 g/mol. The van der Waals surface area contributed by atoms with E-state index in [1.54, 1.807) is 22.2 Å². The maximum atomic E-state index is 12.9. The topological polar surface area (TPSA) is 98.3 Å². The minimum atomic E-state index is -0.382. The molecule has 1 aromatic heterocycles. The van der Waals surface area contributed by atoms with Gasteiger partial charge in [-0.05, 0) is 24.1 Å². The minimum Gasteiger partial charge on any atom is -0.469 e. The van der Waals surface area contributed by atoms with Crippen molar-refractivity contribution in [2.45, 2.75) is 25.6 Å². The number of pyridine rings is 1. The van der Waals surface area contributed by atoms with Crippen LogP contribution in [0.3, 0.4) is 0 Å². The number of hydrogen-bond donors (Lipinski definition) is 0. The first-order valence-corrected chi connectivity index (χ1v) is 9.78. The largest absolute Gasteiger partial charge is 0.469 e. The van der Waals surface area contributed by atoms with Gasteiger partial charge in [-0.15, -0.1) is 0 Å². The summed E-state index contributed by atoms with van der Waals surface area (Å²) < 4.78 is 16.0. The summed E-state index contributed by atoms with van der Waals surface area (Å²) in [7, 11) is 1.32. The second-order valence-corrected chi connectivity index (χ2v) is 7.23. The van der Waals surface area contributed by atoms with E-state index in [9.17, 15) is 14.4 Å². The molecule has 2 atom stereocenters. The Bertz CT molecular complexity index is 707. The lowest BCUT2D eigenvalue weighted by Gasteiger charge is -2.25. The van der Waals surface area contributed by atoms with Gasteiger partial charge in [0.2, 0.25) is 11.8 Å². The van der Waals surface area contributed by atoms with E-state index in [4.69, 9.17) is 9.47 Å². The molecular weight excluding hydrogens is 378 g/mol.